The maximum atomic E-state index is 6.22. The van der Waals surface area contributed by atoms with E-state index in [9.17, 15) is 0 Å². The molecule has 43 heavy (non-hydrogen) atoms. The molecule has 3 heteroatoms. The highest BCUT2D eigenvalue weighted by molar-refractivity contribution is 4.83. The molecule has 0 saturated carbocycles. The monoisotopic (exact) mass is 604 g/mol. The van der Waals surface area contributed by atoms with Crippen molar-refractivity contribution in [3.05, 3.63) is 24.3 Å². The molecule has 1 saturated heterocycles. The SMILES string of the molecule is CCCCCC/C=C\CCCCCCCCCCOC1CNCC1OCCCCCCCCCC/C=C\CCCCCC. The van der Waals surface area contributed by atoms with Crippen molar-refractivity contribution in [3.8, 4) is 0 Å². The summed E-state index contributed by atoms with van der Waals surface area (Å²) in [5.41, 5.74) is 0. The smallest absolute Gasteiger partial charge is 0.0973 e. The Morgan fingerprint density at radius 3 is 1.00 bits per heavy atom. The van der Waals surface area contributed by atoms with Gasteiger partial charge in [-0.1, -0.05) is 154 Å². The zero-order valence-electron chi connectivity index (χ0n) is 29.4. The Hall–Kier alpha value is -0.640. The molecule has 1 rings (SSSR count). The topological polar surface area (TPSA) is 30.5 Å². The van der Waals surface area contributed by atoms with Crippen LogP contribution in [0, 0.1) is 0 Å². The van der Waals surface area contributed by atoms with E-state index in [0.717, 1.165) is 26.3 Å². The number of hydrogen-bond acceptors (Lipinski definition) is 3. The summed E-state index contributed by atoms with van der Waals surface area (Å²) >= 11 is 0. The van der Waals surface area contributed by atoms with Crippen LogP contribution in [0.15, 0.2) is 24.3 Å². The predicted octanol–water partition coefficient (Wildman–Crippen LogP) is 12.4. The van der Waals surface area contributed by atoms with E-state index in [0.29, 0.717) is 0 Å². The zero-order valence-corrected chi connectivity index (χ0v) is 29.4. The molecular weight excluding hydrogens is 526 g/mol. The van der Waals surface area contributed by atoms with Crippen LogP contribution in [-0.4, -0.2) is 38.5 Å². The predicted molar refractivity (Wildman–Crippen MR) is 191 cm³/mol. The summed E-state index contributed by atoms with van der Waals surface area (Å²) in [5.74, 6) is 0. The molecule has 0 amide bonds. The van der Waals surface area contributed by atoms with E-state index in [-0.39, 0.29) is 12.2 Å². The summed E-state index contributed by atoms with van der Waals surface area (Å²) < 4.78 is 12.4. The molecular formula is C40H77NO2. The van der Waals surface area contributed by atoms with Gasteiger partial charge in [0.25, 0.3) is 0 Å². The van der Waals surface area contributed by atoms with Crippen LogP contribution in [0.25, 0.3) is 0 Å². The molecule has 1 heterocycles. The van der Waals surface area contributed by atoms with Crippen molar-refractivity contribution in [1.29, 1.82) is 0 Å². The summed E-state index contributed by atoms with van der Waals surface area (Å²) in [6.07, 6.45) is 48.0. The van der Waals surface area contributed by atoms with Gasteiger partial charge in [0.05, 0.1) is 12.2 Å². The van der Waals surface area contributed by atoms with Gasteiger partial charge in [0.1, 0.15) is 0 Å². The number of nitrogens with one attached hydrogen (secondary N) is 1. The van der Waals surface area contributed by atoms with E-state index >= 15 is 0 Å². The third kappa shape index (κ3) is 28.6. The lowest BCUT2D eigenvalue weighted by molar-refractivity contribution is -0.0481. The molecule has 2 unspecified atom stereocenters. The lowest BCUT2D eigenvalue weighted by atomic mass is 10.1. The number of hydrogen-bond donors (Lipinski definition) is 1. The molecule has 0 aromatic heterocycles. The maximum Gasteiger partial charge on any atom is 0.0973 e. The first-order valence-corrected chi connectivity index (χ1v) is 19.6. The van der Waals surface area contributed by atoms with Gasteiger partial charge in [-0.05, 0) is 64.2 Å². The Kier molecular flexibility index (Phi) is 32.2. The first-order valence-electron chi connectivity index (χ1n) is 19.6. The molecule has 3 nitrogen and oxygen atoms in total. The molecule has 0 bridgehead atoms. The number of unbranched alkanes of at least 4 members (excludes halogenated alkanes) is 24. The fourth-order valence-electron chi connectivity index (χ4n) is 6.13. The number of ether oxygens (including phenoxy) is 2. The highest BCUT2D eigenvalue weighted by Gasteiger charge is 2.28. The van der Waals surface area contributed by atoms with Crippen molar-refractivity contribution in [1.82, 2.24) is 5.32 Å². The first kappa shape index (κ1) is 40.4. The lowest BCUT2D eigenvalue weighted by Crippen LogP contribution is -2.30. The first-order chi connectivity index (χ1) is 21.4. The van der Waals surface area contributed by atoms with Crippen molar-refractivity contribution in [2.75, 3.05) is 26.3 Å². The highest BCUT2D eigenvalue weighted by Crippen LogP contribution is 2.15. The normalized spacial score (nSPS) is 17.3. The second-order valence-electron chi connectivity index (χ2n) is 13.4. The summed E-state index contributed by atoms with van der Waals surface area (Å²) in [5, 5.41) is 3.48. The van der Waals surface area contributed by atoms with Crippen LogP contribution in [0.5, 0.6) is 0 Å². The van der Waals surface area contributed by atoms with Crippen LogP contribution in [0.1, 0.15) is 194 Å². The highest BCUT2D eigenvalue weighted by atomic mass is 16.5. The second kappa shape index (κ2) is 34.2. The molecule has 2 atom stereocenters. The summed E-state index contributed by atoms with van der Waals surface area (Å²) in [6.45, 7) is 8.26. The van der Waals surface area contributed by atoms with E-state index in [2.05, 4.69) is 43.5 Å². The molecule has 0 aliphatic carbocycles. The third-order valence-electron chi connectivity index (χ3n) is 9.08. The van der Waals surface area contributed by atoms with Crippen molar-refractivity contribution >= 4 is 0 Å². The molecule has 0 aromatic rings. The van der Waals surface area contributed by atoms with Gasteiger partial charge in [-0.2, -0.15) is 0 Å². The molecule has 0 spiro atoms. The molecule has 1 N–H and O–H groups in total. The Balaban J connectivity index is 1.81. The van der Waals surface area contributed by atoms with Crippen LogP contribution in [0.4, 0.5) is 0 Å². The standard InChI is InChI=1S/C40H77NO2/c1-3-5-7-9-11-13-15-17-19-21-23-25-27-29-31-33-35-42-39-37-41-38-40(39)43-36-34-32-30-28-26-24-22-20-18-16-14-12-10-8-6-4-2/h13-16,39-41H,3-12,17-38H2,1-2H3/b15-13-,16-14-. The Morgan fingerprint density at radius 1 is 0.395 bits per heavy atom. The van der Waals surface area contributed by atoms with Crippen LogP contribution >= 0.6 is 0 Å². The van der Waals surface area contributed by atoms with Gasteiger partial charge in [0.2, 0.25) is 0 Å². The second-order valence-corrected chi connectivity index (χ2v) is 13.4. The molecule has 0 aromatic carbocycles. The summed E-state index contributed by atoms with van der Waals surface area (Å²) in [4.78, 5) is 0. The summed E-state index contributed by atoms with van der Waals surface area (Å²) in [7, 11) is 0. The van der Waals surface area contributed by atoms with Crippen LogP contribution in [0.2, 0.25) is 0 Å². The van der Waals surface area contributed by atoms with Gasteiger partial charge in [-0.3, -0.25) is 0 Å². The Morgan fingerprint density at radius 2 is 0.674 bits per heavy atom. The molecule has 1 aliphatic rings. The van der Waals surface area contributed by atoms with Crippen LogP contribution in [0.3, 0.4) is 0 Å². The van der Waals surface area contributed by atoms with Gasteiger partial charge >= 0.3 is 0 Å². The maximum absolute atomic E-state index is 6.22. The van der Waals surface area contributed by atoms with Gasteiger partial charge < -0.3 is 14.8 Å². The van der Waals surface area contributed by atoms with Crippen molar-refractivity contribution in [2.45, 2.75) is 206 Å². The van der Waals surface area contributed by atoms with Gasteiger partial charge in [-0.25, -0.2) is 0 Å². The number of allylic oxidation sites excluding steroid dienone is 4. The van der Waals surface area contributed by atoms with E-state index < -0.39 is 0 Å². The van der Waals surface area contributed by atoms with Crippen LogP contribution < -0.4 is 5.32 Å². The Labute approximate surface area is 270 Å². The average Bonchev–Trinajstić information content (AvgIpc) is 3.47. The molecule has 1 fully saturated rings. The van der Waals surface area contributed by atoms with Crippen molar-refractivity contribution < 1.29 is 9.47 Å². The van der Waals surface area contributed by atoms with E-state index in [4.69, 9.17) is 9.47 Å². The van der Waals surface area contributed by atoms with Gasteiger partial charge in [0.15, 0.2) is 0 Å². The quantitative estimate of drug-likeness (QED) is 0.0586. The molecule has 254 valence electrons. The third-order valence-corrected chi connectivity index (χ3v) is 9.08. The minimum Gasteiger partial charge on any atom is -0.374 e. The van der Waals surface area contributed by atoms with Crippen molar-refractivity contribution in [3.63, 3.8) is 0 Å². The summed E-state index contributed by atoms with van der Waals surface area (Å²) in [6, 6.07) is 0. The van der Waals surface area contributed by atoms with Gasteiger partial charge in [-0.15, -0.1) is 0 Å². The fraction of sp³-hybridized carbons (Fsp3) is 0.900. The average molecular weight is 604 g/mol. The molecule has 0 radical (unpaired) electrons. The lowest BCUT2D eigenvalue weighted by Gasteiger charge is -2.20. The van der Waals surface area contributed by atoms with Crippen molar-refractivity contribution in [2.24, 2.45) is 0 Å². The van der Waals surface area contributed by atoms with E-state index in [1.54, 1.807) is 0 Å². The van der Waals surface area contributed by atoms with E-state index in [1.807, 2.05) is 0 Å². The fourth-order valence-corrected chi connectivity index (χ4v) is 6.13. The van der Waals surface area contributed by atoms with E-state index in [1.165, 1.54) is 180 Å². The molecule has 1 aliphatic heterocycles. The van der Waals surface area contributed by atoms with Crippen LogP contribution in [-0.2, 0) is 9.47 Å². The Bertz CT molecular complexity index is 539. The minimum absolute atomic E-state index is 0.251. The largest absolute Gasteiger partial charge is 0.374 e. The minimum atomic E-state index is 0.251. The van der Waals surface area contributed by atoms with Gasteiger partial charge in [0, 0.05) is 26.3 Å². The number of rotatable bonds is 34. The zero-order chi connectivity index (χ0) is 30.7.